The van der Waals surface area contributed by atoms with Gasteiger partial charge in [0.05, 0.1) is 12.2 Å². The van der Waals surface area contributed by atoms with Gasteiger partial charge in [-0.25, -0.2) is 4.79 Å². The fourth-order valence-corrected chi connectivity index (χ4v) is 3.44. The molecule has 1 aliphatic rings. The molecule has 23 heavy (non-hydrogen) atoms. The maximum Gasteiger partial charge on any atom is 0.410 e. The summed E-state index contributed by atoms with van der Waals surface area (Å²) in [4.78, 5) is 16.6. The molecule has 5 heteroatoms. The van der Waals surface area contributed by atoms with E-state index in [4.69, 9.17) is 9.47 Å². The summed E-state index contributed by atoms with van der Waals surface area (Å²) in [5.41, 5.74) is -0.598. The van der Waals surface area contributed by atoms with Gasteiger partial charge in [-0.2, -0.15) is 0 Å². The molecule has 0 unspecified atom stereocenters. The number of likely N-dealkylation sites (tertiary alicyclic amines) is 1. The predicted molar refractivity (Wildman–Crippen MR) is 93.9 cm³/mol. The highest BCUT2D eigenvalue weighted by molar-refractivity contribution is 7.11. The molecule has 0 aromatic carbocycles. The van der Waals surface area contributed by atoms with E-state index in [1.54, 1.807) is 4.90 Å². The minimum Gasteiger partial charge on any atom is -0.444 e. The Morgan fingerprint density at radius 1 is 1.26 bits per heavy atom. The number of hydrogen-bond donors (Lipinski definition) is 0. The molecule has 1 aromatic rings. The molecule has 2 rings (SSSR count). The average Bonchev–Trinajstić information content (AvgIpc) is 2.92. The Morgan fingerprint density at radius 2 is 1.87 bits per heavy atom. The number of thiophene rings is 1. The van der Waals surface area contributed by atoms with Crippen molar-refractivity contribution < 1.29 is 14.3 Å². The summed E-state index contributed by atoms with van der Waals surface area (Å²) in [5, 5.41) is 0. The number of piperidine rings is 1. The van der Waals surface area contributed by atoms with Crippen LogP contribution in [0, 0.1) is 0 Å². The number of aryl methyl sites for hydroxylation is 1. The third-order valence-electron chi connectivity index (χ3n) is 4.10. The first-order valence-corrected chi connectivity index (χ1v) is 9.22. The predicted octanol–water partition coefficient (Wildman–Crippen LogP) is 4.62. The molecule has 0 N–H and O–H groups in total. The van der Waals surface area contributed by atoms with Crippen LogP contribution in [0.1, 0.15) is 57.2 Å². The molecular weight excluding hydrogens is 310 g/mol. The lowest BCUT2D eigenvalue weighted by Gasteiger charge is -2.39. The van der Waals surface area contributed by atoms with Crippen molar-refractivity contribution in [1.82, 2.24) is 4.90 Å². The second-order valence-corrected chi connectivity index (χ2v) is 8.68. The van der Waals surface area contributed by atoms with Gasteiger partial charge in [0, 0.05) is 22.8 Å². The van der Waals surface area contributed by atoms with Crippen LogP contribution in [0.15, 0.2) is 12.1 Å². The number of hydrogen-bond acceptors (Lipinski definition) is 4. The van der Waals surface area contributed by atoms with Crippen LogP contribution in [0.3, 0.4) is 0 Å². The smallest absolute Gasteiger partial charge is 0.410 e. The Hall–Kier alpha value is -1.07. The first-order valence-electron chi connectivity index (χ1n) is 8.40. The van der Waals surface area contributed by atoms with Crippen molar-refractivity contribution in [3.05, 3.63) is 21.9 Å². The first kappa shape index (κ1) is 18.3. The Bertz CT molecular complexity index is 525. The normalized spacial score (nSPS) is 18.0. The summed E-state index contributed by atoms with van der Waals surface area (Å²) in [6, 6.07) is 4.33. The second-order valence-electron chi connectivity index (χ2n) is 7.43. The zero-order valence-corrected chi connectivity index (χ0v) is 15.8. The largest absolute Gasteiger partial charge is 0.444 e. The van der Waals surface area contributed by atoms with Gasteiger partial charge in [0.25, 0.3) is 0 Å². The Balaban J connectivity index is 1.81. The van der Waals surface area contributed by atoms with Crippen LogP contribution in [-0.4, -0.2) is 35.3 Å². The molecule has 1 saturated heterocycles. The van der Waals surface area contributed by atoms with Gasteiger partial charge in [-0.05, 0) is 59.1 Å². The number of rotatable bonds is 4. The summed E-state index contributed by atoms with van der Waals surface area (Å²) >= 11 is 1.82. The van der Waals surface area contributed by atoms with Crippen molar-refractivity contribution in [2.75, 3.05) is 13.1 Å². The van der Waals surface area contributed by atoms with Crippen molar-refractivity contribution in [1.29, 1.82) is 0 Å². The van der Waals surface area contributed by atoms with Crippen LogP contribution in [0.25, 0.3) is 0 Å². The van der Waals surface area contributed by atoms with Crippen LogP contribution >= 0.6 is 11.3 Å². The maximum absolute atomic E-state index is 12.1. The zero-order valence-electron chi connectivity index (χ0n) is 15.0. The number of ether oxygens (including phenoxy) is 2. The topological polar surface area (TPSA) is 38.8 Å². The molecule has 1 aromatic heterocycles. The van der Waals surface area contributed by atoms with E-state index in [0.29, 0.717) is 19.7 Å². The van der Waals surface area contributed by atoms with Gasteiger partial charge in [-0.3, -0.25) is 0 Å². The van der Waals surface area contributed by atoms with E-state index in [1.807, 2.05) is 32.1 Å². The van der Waals surface area contributed by atoms with Crippen molar-refractivity contribution in [3.63, 3.8) is 0 Å². The molecular formula is C18H29NO3S. The fourth-order valence-electron chi connectivity index (χ4n) is 2.57. The molecule has 130 valence electrons. The van der Waals surface area contributed by atoms with Crippen LogP contribution in [0.5, 0.6) is 0 Å². The summed E-state index contributed by atoms with van der Waals surface area (Å²) in [6.45, 7) is 12.0. The lowest BCUT2D eigenvalue weighted by molar-refractivity contribution is -0.0803. The van der Waals surface area contributed by atoms with Gasteiger partial charge in [0.1, 0.15) is 5.60 Å². The van der Waals surface area contributed by atoms with Gasteiger partial charge in [-0.15, -0.1) is 11.3 Å². The fraction of sp³-hybridized carbons (Fsp3) is 0.722. The quantitative estimate of drug-likeness (QED) is 0.803. The standard InChI is InChI=1S/C18H29NO3S/c1-6-14-7-8-15(23-14)13-21-18(5)9-11-19(12-10-18)16(20)22-17(2,3)4/h7-8H,6,9-13H2,1-5H3. The molecule has 0 bridgehead atoms. The van der Waals surface area contributed by atoms with E-state index < -0.39 is 5.60 Å². The third kappa shape index (κ3) is 5.50. The molecule has 0 radical (unpaired) electrons. The van der Waals surface area contributed by atoms with E-state index in [2.05, 4.69) is 26.0 Å². The summed E-state index contributed by atoms with van der Waals surface area (Å²) in [6.07, 6.45) is 2.55. The minimum atomic E-state index is -0.440. The molecule has 4 nitrogen and oxygen atoms in total. The van der Waals surface area contributed by atoms with Gasteiger partial charge in [0.15, 0.2) is 0 Å². The number of carbonyl (C=O) groups excluding carboxylic acids is 1. The SMILES string of the molecule is CCc1ccc(COC2(C)CCN(C(=O)OC(C)(C)C)CC2)s1. The van der Waals surface area contributed by atoms with Crippen LogP contribution in [0.4, 0.5) is 4.79 Å². The maximum atomic E-state index is 12.1. The monoisotopic (exact) mass is 339 g/mol. The molecule has 0 saturated carbocycles. The number of amides is 1. The highest BCUT2D eigenvalue weighted by Crippen LogP contribution is 2.29. The van der Waals surface area contributed by atoms with E-state index in [1.165, 1.54) is 9.75 Å². The number of carbonyl (C=O) groups is 1. The minimum absolute atomic E-state index is 0.158. The van der Waals surface area contributed by atoms with E-state index in [-0.39, 0.29) is 11.7 Å². The molecule has 1 amide bonds. The molecule has 2 heterocycles. The van der Waals surface area contributed by atoms with E-state index >= 15 is 0 Å². The lowest BCUT2D eigenvalue weighted by Crippen LogP contribution is -2.47. The van der Waals surface area contributed by atoms with E-state index in [0.717, 1.165) is 19.3 Å². The first-order chi connectivity index (χ1) is 10.7. The molecule has 0 spiro atoms. The summed E-state index contributed by atoms with van der Waals surface area (Å²) in [5.74, 6) is 0. The van der Waals surface area contributed by atoms with Crippen molar-refractivity contribution in [2.45, 2.75) is 71.7 Å². The summed E-state index contributed by atoms with van der Waals surface area (Å²) < 4.78 is 11.6. The highest BCUT2D eigenvalue weighted by Gasteiger charge is 2.34. The highest BCUT2D eigenvalue weighted by atomic mass is 32.1. The average molecular weight is 340 g/mol. The van der Waals surface area contributed by atoms with Gasteiger partial charge in [-0.1, -0.05) is 6.92 Å². The second kappa shape index (κ2) is 7.22. The van der Waals surface area contributed by atoms with Crippen molar-refractivity contribution in [2.24, 2.45) is 0 Å². The van der Waals surface area contributed by atoms with Crippen molar-refractivity contribution >= 4 is 17.4 Å². The van der Waals surface area contributed by atoms with Crippen LogP contribution < -0.4 is 0 Å². The van der Waals surface area contributed by atoms with Gasteiger partial charge < -0.3 is 14.4 Å². The third-order valence-corrected chi connectivity index (χ3v) is 5.30. The van der Waals surface area contributed by atoms with E-state index in [9.17, 15) is 4.79 Å². The molecule has 0 atom stereocenters. The Labute approximate surface area is 143 Å². The van der Waals surface area contributed by atoms with Crippen molar-refractivity contribution in [3.8, 4) is 0 Å². The van der Waals surface area contributed by atoms with Crippen LogP contribution in [0.2, 0.25) is 0 Å². The molecule has 0 aliphatic carbocycles. The zero-order chi connectivity index (χ0) is 17.1. The van der Waals surface area contributed by atoms with Gasteiger partial charge in [0.2, 0.25) is 0 Å². The summed E-state index contributed by atoms with van der Waals surface area (Å²) in [7, 11) is 0. The molecule has 1 aliphatic heterocycles. The Kier molecular flexibility index (Phi) is 5.74. The lowest BCUT2D eigenvalue weighted by atomic mass is 9.93. The van der Waals surface area contributed by atoms with Gasteiger partial charge >= 0.3 is 6.09 Å². The van der Waals surface area contributed by atoms with Crippen LogP contribution in [-0.2, 0) is 22.5 Å². The Morgan fingerprint density at radius 3 is 2.39 bits per heavy atom. The molecule has 1 fully saturated rings. The number of nitrogens with zero attached hydrogens (tertiary/aromatic N) is 1.